The summed E-state index contributed by atoms with van der Waals surface area (Å²) in [6.07, 6.45) is 0. The van der Waals surface area contributed by atoms with Gasteiger partial charge < -0.3 is 16.0 Å². The van der Waals surface area contributed by atoms with Crippen molar-refractivity contribution in [1.82, 2.24) is 10.6 Å². The highest BCUT2D eigenvalue weighted by Crippen LogP contribution is 2.28. The largest absolute Gasteiger partial charge is 0.351 e. The highest BCUT2D eigenvalue weighted by atomic mass is 32.1. The van der Waals surface area contributed by atoms with E-state index in [1.165, 1.54) is 24.3 Å². The predicted molar refractivity (Wildman–Crippen MR) is 102 cm³/mol. The molecule has 1 atom stereocenters. The molecule has 3 rings (SSSR count). The Hall–Kier alpha value is -3.26. The van der Waals surface area contributed by atoms with Crippen molar-refractivity contribution >= 4 is 34.6 Å². The summed E-state index contributed by atoms with van der Waals surface area (Å²) in [5.41, 5.74) is 2.50. The Bertz CT molecular complexity index is 894. The SMILES string of the molecule is CC1=C(C(=O)Nc2ccc([N+](=O)[O-])cc2)C(c2ccccc2)NC(=S)N1. The van der Waals surface area contributed by atoms with E-state index in [0.717, 1.165) is 5.56 Å². The number of nitro benzene ring substituents is 1. The van der Waals surface area contributed by atoms with Crippen LogP contribution in [0.3, 0.4) is 0 Å². The third-order valence-corrected chi connectivity index (χ3v) is 4.20. The van der Waals surface area contributed by atoms with Crippen LogP contribution >= 0.6 is 12.2 Å². The molecule has 2 aromatic carbocycles. The van der Waals surface area contributed by atoms with Crippen molar-refractivity contribution in [1.29, 1.82) is 0 Å². The molecule has 1 heterocycles. The minimum atomic E-state index is -0.486. The van der Waals surface area contributed by atoms with Gasteiger partial charge in [-0.05, 0) is 36.8 Å². The molecule has 7 nitrogen and oxygen atoms in total. The van der Waals surface area contributed by atoms with Gasteiger partial charge in [0.25, 0.3) is 11.6 Å². The quantitative estimate of drug-likeness (QED) is 0.436. The van der Waals surface area contributed by atoms with Crippen LogP contribution in [0.15, 0.2) is 65.9 Å². The topological polar surface area (TPSA) is 96.3 Å². The fourth-order valence-electron chi connectivity index (χ4n) is 2.76. The fourth-order valence-corrected chi connectivity index (χ4v) is 3.03. The Morgan fingerprint density at radius 2 is 1.81 bits per heavy atom. The van der Waals surface area contributed by atoms with Crippen LogP contribution in [-0.4, -0.2) is 15.9 Å². The van der Waals surface area contributed by atoms with Gasteiger partial charge in [0.05, 0.1) is 16.5 Å². The Balaban J connectivity index is 1.88. The maximum absolute atomic E-state index is 12.9. The van der Waals surface area contributed by atoms with Gasteiger partial charge in [-0.3, -0.25) is 14.9 Å². The number of rotatable bonds is 4. The molecule has 132 valence electrons. The second kappa shape index (κ2) is 7.32. The molecular weight excluding hydrogens is 352 g/mol. The second-order valence-corrected chi connectivity index (χ2v) is 6.15. The molecule has 26 heavy (non-hydrogen) atoms. The number of thiocarbonyl (C=S) groups is 1. The normalized spacial score (nSPS) is 16.5. The van der Waals surface area contributed by atoms with E-state index >= 15 is 0 Å². The number of allylic oxidation sites excluding steroid dienone is 1. The van der Waals surface area contributed by atoms with E-state index in [1.54, 1.807) is 6.92 Å². The first-order chi connectivity index (χ1) is 12.5. The highest BCUT2D eigenvalue weighted by Gasteiger charge is 2.29. The van der Waals surface area contributed by atoms with Crippen LogP contribution in [0.2, 0.25) is 0 Å². The molecule has 0 aromatic heterocycles. The maximum Gasteiger partial charge on any atom is 0.269 e. The lowest BCUT2D eigenvalue weighted by Crippen LogP contribution is -2.45. The molecule has 0 saturated carbocycles. The first-order valence-corrected chi connectivity index (χ1v) is 8.25. The number of carbonyl (C=O) groups excluding carboxylic acids is 1. The predicted octanol–water partition coefficient (Wildman–Crippen LogP) is 3.03. The van der Waals surface area contributed by atoms with Crippen LogP contribution in [0.1, 0.15) is 18.5 Å². The molecule has 0 fully saturated rings. The molecule has 0 aliphatic carbocycles. The number of hydrogen-bond donors (Lipinski definition) is 3. The molecule has 2 aromatic rings. The van der Waals surface area contributed by atoms with E-state index in [-0.39, 0.29) is 17.6 Å². The van der Waals surface area contributed by atoms with Gasteiger partial charge in [-0.1, -0.05) is 30.3 Å². The van der Waals surface area contributed by atoms with E-state index in [9.17, 15) is 14.9 Å². The number of carbonyl (C=O) groups is 1. The zero-order valence-corrected chi connectivity index (χ0v) is 14.7. The van der Waals surface area contributed by atoms with Crippen LogP contribution in [0.25, 0.3) is 0 Å². The minimum Gasteiger partial charge on any atom is -0.351 e. The molecular formula is C18H16N4O3S. The molecule has 0 saturated heterocycles. The third kappa shape index (κ3) is 3.70. The Labute approximate surface area is 155 Å². The van der Waals surface area contributed by atoms with Gasteiger partial charge >= 0.3 is 0 Å². The van der Waals surface area contributed by atoms with Crippen molar-refractivity contribution in [2.24, 2.45) is 0 Å². The minimum absolute atomic E-state index is 0.0353. The lowest BCUT2D eigenvalue weighted by Gasteiger charge is -2.30. The summed E-state index contributed by atoms with van der Waals surface area (Å²) >= 11 is 5.22. The number of amides is 1. The number of non-ortho nitro benzene ring substituents is 1. The van der Waals surface area contributed by atoms with Crippen LogP contribution < -0.4 is 16.0 Å². The number of anilines is 1. The highest BCUT2D eigenvalue weighted by molar-refractivity contribution is 7.80. The molecule has 1 aliphatic heterocycles. The number of nitro groups is 1. The summed E-state index contributed by atoms with van der Waals surface area (Å²) < 4.78 is 0. The molecule has 1 amide bonds. The van der Waals surface area contributed by atoms with Crippen molar-refractivity contribution < 1.29 is 9.72 Å². The van der Waals surface area contributed by atoms with Gasteiger partial charge in [-0.15, -0.1) is 0 Å². The van der Waals surface area contributed by atoms with Crippen LogP contribution in [-0.2, 0) is 4.79 Å². The van der Waals surface area contributed by atoms with E-state index in [4.69, 9.17) is 12.2 Å². The van der Waals surface area contributed by atoms with Gasteiger partial charge in [-0.25, -0.2) is 0 Å². The van der Waals surface area contributed by atoms with Gasteiger partial charge in [-0.2, -0.15) is 0 Å². The standard InChI is InChI=1S/C18H16N4O3S/c1-11-15(16(21-18(26)19-11)12-5-3-2-4-6-12)17(23)20-13-7-9-14(10-8-13)22(24)25/h2-10,16H,1H3,(H,20,23)(H2,19,21,26). The first kappa shape index (κ1) is 17.6. The van der Waals surface area contributed by atoms with Gasteiger partial charge in [0.1, 0.15) is 0 Å². The van der Waals surface area contributed by atoms with Gasteiger partial charge in [0, 0.05) is 23.5 Å². The molecule has 3 N–H and O–H groups in total. The summed E-state index contributed by atoms with van der Waals surface area (Å²) in [7, 11) is 0. The number of benzene rings is 2. The second-order valence-electron chi connectivity index (χ2n) is 5.74. The average molecular weight is 368 g/mol. The van der Waals surface area contributed by atoms with E-state index < -0.39 is 4.92 Å². The summed E-state index contributed by atoms with van der Waals surface area (Å²) in [4.78, 5) is 23.1. The fraction of sp³-hybridized carbons (Fsp3) is 0.111. The van der Waals surface area contributed by atoms with Crippen molar-refractivity contribution in [2.75, 3.05) is 5.32 Å². The number of nitrogens with zero attached hydrogens (tertiary/aromatic N) is 1. The Morgan fingerprint density at radius 1 is 1.15 bits per heavy atom. The molecule has 1 unspecified atom stereocenters. The van der Waals surface area contributed by atoms with Crippen LogP contribution in [0, 0.1) is 10.1 Å². The maximum atomic E-state index is 12.9. The zero-order valence-electron chi connectivity index (χ0n) is 13.9. The monoisotopic (exact) mass is 368 g/mol. The molecule has 1 aliphatic rings. The van der Waals surface area contributed by atoms with Gasteiger partial charge in [0.2, 0.25) is 0 Å². The molecule has 0 spiro atoms. The molecule has 0 radical (unpaired) electrons. The van der Waals surface area contributed by atoms with E-state index in [2.05, 4.69) is 16.0 Å². The van der Waals surface area contributed by atoms with E-state index in [0.29, 0.717) is 22.1 Å². The summed E-state index contributed by atoms with van der Waals surface area (Å²) in [6.45, 7) is 1.79. The lowest BCUT2D eigenvalue weighted by atomic mass is 9.95. The number of nitrogens with one attached hydrogen (secondary N) is 3. The molecule has 0 bridgehead atoms. The first-order valence-electron chi connectivity index (χ1n) is 7.85. The smallest absolute Gasteiger partial charge is 0.269 e. The van der Waals surface area contributed by atoms with Crippen LogP contribution in [0.4, 0.5) is 11.4 Å². The Kier molecular flexibility index (Phi) is 4.94. The van der Waals surface area contributed by atoms with E-state index in [1.807, 2.05) is 30.3 Å². The average Bonchev–Trinajstić information content (AvgIpc) is 2.62. The van der Waals surface area contributed by atoms with Crippen molar-refractivity contribution in [2.45, 2.75) is 13.0 Å². The number of hydrogen-bond acceptors (Lipinski definition) is 4. The summed E-state index contributed by atoms with van der Waals surface area (Å²) in [5, 5.41) is 20.1. The molecule has 8 heteroatoms. The summed E-state index contributed by atoms with van der Waals surface area (Å²) in [6, 6.07) is 14.8. The van der Waals surface area contributed by atoms with Crippen LogP contribution in [0.5, 0.6) is 0 Å². The Morgan fingerprint density at radius 3 is 2.42 bits per heavy atom. The summed E-state index contributed by atoms with van der Waals surface area (Å²) in [5.74, 6) is -0.312. The van der Waals surface area contributed by atoms with Gasteiger partial charge in [0.15, 0.2) is 5.11 Å². The third-order valence-electron chi connectivity index (χ3n) is 3.98. The van der Waals surface area contributed by atoms with Crippen molar-refractivity contribution in [3.8, 4) is 0 Å². The van der Waals surface area contributed by atoms with Crippen molar-refractivity contribution in [3.63, 3.8) is 0 Å². The zero-order chi connectivity index (χ0) is 18.7. The lowest BCUT2D eigenvalue weighted by molar-refractivity contribution is -0.384. The van der Waals surface area contributed by atoms with Crippen molar-refractivity contribution in [3.05, 3.63) is 81.5 Å².